The largest absolute Gasteiger partial charge is 0.318 e. The monoisotopic (exact) mass is 235 g/mol. The lowest BCUT2D eigenvalue weighted by atomic mass is 9.94. The molecule has 0 bridgehead atoms. The van der Waals surface area contributed by atoms with Crippen LogP contribution in [0.2, 0.25) is 0 Å². The van der Waals surface area contributed by atoms with Gasteiger partial charge in [-0.05, 0) is 28.8 Å². The number of rotatable bonds is 0. The highest BCUT2D eigenvalue weighted by molar-refractivity contribution is 6.03. The second kappa shape index (κ2) is 4.15. The van der Waals surface area contributed by atoms with E-state index >= 15 is 0 Å². The van der Waals surface area contributed by atoms with Crippen LogP contribution in [0.5, 0.6) is 0 Å². The highest BCUT2D eigenvalue weighted by atomic mass is 16.2. The van der Waals surface area contributed by atoms with Gasteiger partial charge in [-0.3, -0.25) is 4.79 Å². The number of carbonyl (C=O) groups excluding carboxylic acids is 1. The van der Waals surface area contributed by atoms with Crippen LogP contribution in [0.25, 0.3) is 17.2 Å². The summed E-state index contributed by atoms with van der Waals surface area (Å²) in [5.41, 5.74) is 3.97. The predicted octanol–water partition coefficient (Wildman–Crippen LogP) is 3.41. The van der Waals surface area contributed by atoms with E-state index in [0.717, 1.165) is 22.3 Å². The van der Waals surface area contributed by atoms with Crippen molar-refractivity contribution in [2.45, 2.75) is 0 Å². The van der Waals surface area contributed by atoms with Crippen LogP contribution < -0.4 is 0 Å². The lowest BCUT2D eigenvalue weighted by molar-refractivity contribution is 0.0851. The minimum Gasteiger partial charge on any atom is -0.318 e. The first-order valence-corrected chi connectivity index (χ1v) is 5.91. The zero-order valence-electron chi connectivity index (χ0n) is 10.1. The van der Waals surface area contributed by atoms with Crippen molar-refractivity contribution >= 4 is 12.0 Å². The summed E-state index contributed by atoms with van der Waals surface area (Å²) in [6, 6.07) is 15.9. The van der Waals surface area contributed by atoms with E-state index < -0.39 is 0 Å². The van der Waals surface area contributed by atoms with Gasteiger partial charge in [-0.25, -0.2) is 0 Å². The van der Waals surface area contributed by atoms with E-state index in [1.807, 2.05) is 48.7 Å². The Balaban J connectivity index is 2.34. The summed E-state index contributed by atoms with van der Waals surface area (Å²) in [5, 5.41) is 0. The molecule has 1 aliphatic rings. The average Bonchev–Trinajstić information content (AvgIpc) is 2.43. The van der Waals surface area contributed by atoms with E-state index in [9.17, 15) is 4.79 Å². The van der Waals surface area contributed by atoms with Crippen LogP contribution in [-0.2, 0) is 0 Å². The zero-order chi connectivity index (χ0) is 12.5. The molecule has 0 saturated heterocycles. The van der Waals surface area contributed by atoms with Crippen LogP contribution in [-0.4, -0.2) is 17.9 Å². The topological polar surface area (TPSA) is 20.3 Å². The first kappa shape index (κ1) is 10.8. The highest BCUT2D eigenvalue weighted by Gasteiger charge is 2.18. The summed E-state index contributed by atoms with van der Waals surface area (Å²) >= 11 is 0. The highest BCUT2D eigenvalue weighted by Crippen LogP contribution is 2.30. The van der Waals surface area contributed by atoms with Gasteiger partial charge in [0.25, 0.3) is 5.91 Å². The van der Waals surface area contributed by atoms with Gasteiger partial charge in [-0.15, -0.1) is 0 Å². The van der Waals surface area contributed by atoms with Gasteiger partial charge in [-0.2, -0.15) is 0 Å². The number of fused-ring (bicyclic) bond motifs is 3. The van der Waals surface area contributed by atoms with E-state index in [0.29, 0.717) is 0 Å². The number of hydrogen-bond donors (Lipinski definition) is 0. The Labute approximate surface area is 106 Å². The second-order valence-electron chi connectivity index (χ2n) is 4.36. The van der Waals surface area contributed by atoms with Gasteiger partial charge in [0.05, 0.1) is 0 Å². The van der Waals surface area contributed by atoms with Gasteiger partial charge in [0.1, 0.15) is 0 Å². The van der Waals surface area contributed by atoms with Gasteiger partial charge < -0.3 is 4.90 Å². The molecule has 2 heteroatoms. The minimum absolute atomic E-state index is 0.0244. The Morgan fingerprint density at radius 2 is 1.44 bits per heavy atom. The summed E-state index contributed by atoms with van der Waals surface area (Å²) < 4.78 is 0. The maximum atomic E-state index is 12.3. The number of nitrogens with zero attached hydrogens (tertiary/aromatic N) is 1. The average molecular weight is 235 g/mol. The molecular weight excluding hydrogens is 222 g/mol. The van der Waals surface area contributed by atoms with Crippen LogP contribution in [0.4, 0.5) is 0 Å². The Morgan fingerprint density at radius 1 is 0.833 bits per heavy atom. The fourth-order valence-corrected chi connectivity index (χ4v) is 2.24. The third kappa shape index (κ3) is 1.63. The van der Waals surface area contributed by atoms with E-state index in [1.54, 1.807) is 11.9 Å². The fraction of sp³-hybridized carbons (Fsp3) is 0.0625. The third-order valence-corrected chi connectivity index (χ3v) is 3.21. The van der Waals surface area contributed by atoms with Gasteiger partial charge in [0, 0.05) is 18.8 Å². The molecule has 0 aliphatic carbocycles. The molecule has 0 atom stereocenters. The molecule has 0 aromatic heterocycles. The molecule has 2 aromatic rings. The van der Waals surface area contributed by atoms with Crippen molar-refractivity contribution in [1.29, 1.82) is 0 Å². The number of benzene rings is 2. The molecule has 2 aromatic carbocycles. The number of carbonyl (C=O) groups is 1. The smallest absolute Gasteiger partial charge is 0.258 e. The number of hydrogen-bond acceptors (Lipinski definition) is 1. The second-order valence-corrected chi connectivity index (χ2v) is 4.36. The molecular formula is C16H13NO. The Bertz CT molecular complexity index is 643. The molecule has 0 saturated carbocycles. The molecule has 0 unspecified atom stereocenters. The van der Waals surface area contributed by atoms with Crippen molar-refractivity contribution in [1.82, 2.24) is 4.90 Å². The Kier molecular flexibility index (Phi) is 2.49. The first-order valence-electron chi connectivity index (χ1n) is 5.91. The summed E-state index contributed by atoms with van der Waals surface area (Å²) in [6.07, 6.45) is 3.79. The minimum atomic E-state index is 0.0244. The summed E-state index contributed by atoms with van der Waals surface area (Å²) in [5.74, 6) is 0.0244. The van der Waals surface area contributed by atoms with Crippen molar-refractivity contribution in [3.63, 3.8) is 0 Å². The van der Waals surface area contributed by atoms with Crippen LogP contribution >= 0.6 is 0 Å². The van der Waals surface area contributed by atoms with Gasteiger partial charge in [0.2, 0.25) is 0 Å². The first-order chi connectivity index (χ1) is 8.77. The van der Waals surface area contributed by atoms with E-state index in [-0.39, 0.29) is 5.91 Å². The molecule has 2 nitrogen and oxygen atoms in total. The summed E-state index contributed by atoms with van der Waals surface area (Å²) in [7, 11) is 1.78. The molecule has 18 heavy (non-hydrogen) atoms. The van der Waals surface area contributed by atoms with Crippen LogP contribution in [0.1, 0.15) is 15.9 Å². The lowest BCUT2D eigenvalue weighted by Crippen LogP contribution is -2.22. The quantitative estimate of drug-likeness (QED) is 0.685. The van der Waals surface area contributed by atoms with Crippen molar-refractivity contribution in [3.8, 4) is 11.1 Å². The molecule has 0 spiro atoms. The van der Waals surface area contributed by atoms with Crippen LogP contribution in [0.15, 0.2) is 54.7 Å². The zero-order valence-corrected chi connectivity index (χ0v) is 10.1. The molecule has 0 fully saturated rings. The van der Waals surface area contributed by atoms with Crippen molar-refractivity contribution < 1.29 is 4.79 Å². The molecule has 0 N–H and O–H groups in total. The number of amides is 1. The fourth-order valence-electron chi connectivity index (χ4n) is 2.24. The van der Waals surface area contributed by atoms with E-state index in [4.69, 9.17) is 0 Å². The Morgan fingerprint density at radius 3 is 2.22 bits per heavy atom. The molecule has 88 valence electrons. The van der Waals surface area contributed by atoms with E-state index in [1.165, 1.54) is 0 Å². The standard InChI is InChI=1S/C16H13NO/c1-17-11-10-12-6-2-3-7-13(12)14-8-4-5-9-15(14)16(17)18/h2-11H,1H3/b11-10-. The molecule has 0 radical (unpaired) electrons. The van der Waals surface area contributed by atoms with Crippen LogP contribution in [0, 0.1) is 0 Å². The summed E-state index contributed by atoms with van der Waals surface area (Å²) in [6.45, 7) is 0. The van der Waals surface area contributed by atoms with Crippen molar-refractivity contribution in [2.24, 2.45) is 0 Å². The predicted molar refractivity (Wildman–Crippen MR) is 73.0 cm³/mol. The van der Waals surface area contributed by atoms with Gasteiger partial charge in [0.15, 0.2) is 0 Å². The van der Waals surface area contributed by atoms with Crippen molar-refractivity contribution in [3.05, 3.63) is 65.9 Å². The normalized spacial score (nSPS) is 15.4. The van der Waals surface area contributed by atoms with Crippen molar-refractivity contribution in [2.75, 3.05) is 7.05 Å². The molecule has 1 aliphatic heterocycles. The van der Waals surface area contributed by atoms with Gasteiger partial charge in [-0.1, -0.05) is 42.5 Å². The Hall–Kier alpha value is -2.35. The molecule has 1 amide bonds. The third-order valence-electron chi connectivity index (χ3n) is 3.21. The van der Waals surface area contributed by atoms with Gasteiger partial charge >= 0.3 is 0 Å². The maximum absolute atomic E-state index is 12.3. The van der Waals surface area contributed by atoms with E-state index in [2.05, 4.69) is 12.1 Å². The van der Waals surface area contributed by atoms with Crippen LogP contribution in [0.3, 0.4) is 0 Å². The lowest BCUT2D eigenvalue weighted by Gasteiger charge is -2.19. The summed E-state index contributed by atoms with van der Waals surface area (Å²) in [4.78, 5) is 13.9. The maximum Gasteiger partial charge on any atom is 0.258 e. The molecule has 1 heterocycles. The molecule has 3 rings (SSSR count). The SMILES string of the molecule is CN1/C=C\c2ccccc2-c2ccccc2C1=O.